The summed E-state index contributed by atoms with van der Waals surface area (Å²) >= 11 is 0. The number of hydrogen-bond donors (Lipinski definition) is 0. The standard InChI is InChI=1S/C40H51N5Si/c1-26(2)46(27(3)4,28(5)6)19-18-33-35-30(20-39(33,10)11)21-40(24-43,25-44)37(36(35)38(7,8)9)34(31(22-41)23-42)29-14-16-32(17-15-29)45(12)13/h14-17,26-28,30H,20-21H2,1-13H3/t30-/m0/s1. The molecule has 1 atom stereocenters. The van der Waals surface area contributed by atoms with Gasteiger partial charge in [-0.2, -0.15) is 21.0 Å². The molecule has 0 saturated carbocycles. The summed E-state index contributed by atoms with van der Waals surface area (Å²) in [6, 6.07) is 16.8. The van der Waals surface area contributed by atoms with E-state index in [1.807, 2.05) is 43.3 Å². The van der Waals surface area contributed by atoms with Gasteiger partial charge in [0.15, 0.2) is 5.41 Å². The Morgan fingerprint density at radius 2 is 1.35 bits per heavy atom. The zero-order chi connectivity index (χ0) is 35.0. The average molecular weight is 630 g/mol. The van der Waals surface area contributed by atoms with Crippen LogP contribution in [0.1, 0.15) is 94.6 Å². The normalized spacial score (nSPS) is 18.7. The molecule has 0 amide bonds. The molecule has 5 nitrogen and oxygen atoms in total. The maximum absolute atomic E-state index is 10.9. The van der Waals surface area contributed by atoms with Crippen molar-refractivity contribution in [3.8, 4) is 35.7 Å². The Morgan fingerprint density at radius 3 is 1.74 bits per heavy atom. The van der Waals surface area contributed by atoms with Gasteiger partial charge in [-0.15, -0.1) is 5.54 Å². The molecular formula is C40H51N5Si. The van der Waals surface area contributed by atoms with Gasteiger partial charge in [-0.25, -0.2) is 0 Å². The summed E-state index contributed by atoms with van der Waals surface area (Å²) in [5, 5.41) is 42.5. The molecule has 0 heterocycles. The van der Waals surface area contributed by atoms with Crippen LogP contribution in [0.5, 0.6) is 0 Å². The highest BCUT2D eigenvalue weighted by Crippen LogP contribution is 2.62. The smallest absolute Gasteiger partial charge is 0.170 e. The number of rotatable bonds is 6. The molecule has 0 saturated heterocycles. The van der Waals surface area contributed by atoms with Crippen LogP contribution in [-0.2, 0) is 0 Å². The Hall–Kier alpha value is -4.02. The number of hydrogen-bond acceptors (Lipinski definition) is 5. The Bertz CT molecular complexity index is 1650. The number of nitrogens with zero attached hydrogens (tertiary/aromatic N) is 5. The fourth-order valence-electron chi connectivity index (χ4n) is 8.37. The van der Waals surface area contributed by atoms with Crippen molar-refractivity contribution in [2.75, 3.05) is 19.0 Å². The predicted molar refractivity (Wildman–Crippen MR) is 191 cm³/mol. The summed E-state index contributed by atoms with van der Waals surface area (Å²) < 4.78 is 0. The molecular weight excluding hydrogens is 579 g/mol. The summed E-state index contributed by atoms with van der Waals surface area (Å²) in [4.78, 5) is 1.98. The monoisotopic (exact) mass is 629 g/mol. The molecule has 3 rings (SSSR count). The summed E-state index contributed by atoms with van der Waals surface area (Å²) in [5.74, 6) is 3.79. The fourth-order valence-corrected chi connectivity index (χ4v) is 13.6. The van der Waals surface area contributed by atoms with Gasteiger partial charge in [-0.05, 0) is 75.1 Å². The van der Waals surface area contributed by atoms with Gasteiger partial charge in [-0.3, -0.25) is 0 Å². The van der Waals surface area contributed by atoms with Gasteiger partial charge < -0.3 is 4.90 Å². The van der Waals surface area contributed by atoms with Gasteiger partial charge in [0, 0.05) is 36.5 Å². The second kappa shape index (κ2) is 13.0. The van der Waals surface area contributed by atoms with Crippen LogP contribution < -0.4 is 4.90 Å². The van der Waals surface area contributed by atoms with E-state index in [-0.39, 0.29) is 16.9 Å². The topological polar surface area (TPSA) is 98.4 Å². The highest BCUT2D eigenvalue weighted by Gasteiger charge is 2.54. The van der Waals surface area contributed by atoms with Crippen LogP contribution in [0, 0.1) is 79.0 Å². The molecule has 0 aromatic heterocycles. The molecule has 0 N–H and O–H groups in total. The summed E-state index contributed by atoms with van der Waals surface area (Å²) in [6.45, 7) is 24.7. The van der Waals surface area contributed by atoms with Gasteiger partial charge in [0.05, 0.1) is 12.1 Å². The van der Waals surface area contributed by atoms with E-state index in [1.54, 1.807) is 0 Å². The van der Waals surface area contributed by atoms with Crippen molar-refractivity contribution in [2.45, 2.75) is 106 Å². The molecule has 0 fully saturated rings. The fraction of sp³-hybridized carbons (Fsp3) is 0.550. The van der Waals surface area contributed by atoms with E-state index >= 15 is 0 Å². The Kier molecular flexibility index (Phi) is 10.3. The lowest BCUT2D eigenvalue weighted by Gasteiger charge is -2.42. The maximum atomic E-state index is 10.9. The Morgan fingerprint density at radius 1 is 0.848 bits per heavy atom. The third-order valence-corrected chi connectivity index (χ3v) is 16.7. The minimum absolute atomic E-state index is 0.0465. The highest BCUT2D eigenvalue weighted by atomic mass is 28.3. The Labute approximate surface area is 279 Å². The molecule has 0 aliphatic heterocycles. The third kappa shape index (κ3) is 6.08. The SMILES string of the molecule is CC(C)[Si](C#CC1=C2C(C(C)(C)C)=C(C(=C(C#N)C#N)c3ccc(N(C)C)cc3)C(C#N)(C#N)C[C@@H]2CC1(C)C)(C(C)C)C(C)C. The molecule has 0 unspecified atom stereocenters. The first kappa shape index (κ1) is 36.4. The molecule has 0 radical (unpaired) electrons. The van der Waals surface area contributed by atoms with Crippen molar-refractivity contribution in [1.29, 1.82) is 21.0 Å². The molecule has 46 heavy (non-hydrogen) atoms. The van der Waals surface area contributed by atoms with Crippen molar-refractivity contribution >= 4 is 19.3 Å². The van der Waals surface area contributed by atoms with Crippen molar-refractivity contribution in [2.24, 2.45) is 22.2 Å². The predicted octanol–water partition coefficient (Wildman–Crippen LogP) is 9.90. The van der Waals surface area contributed by atoms with Crippen LogP contribution in [0.4, 0.5) is 5.69 Å². The van der Waals surface area contributed by atoms with Gasteiger partial charge in [0.2, 0.25) is 0 Å². The van der Waals surface area contributed by atoms with Crippen LogP contribution in [-0.4, -0.2) is 22.2 Å². The van der Waals surface area contributed by atoms with Gasteiger partial charge in [-0.1, -0.05) is 94.2 Å². The molecule has 1 aromatic carbocycles. The van der Waals surface area contributed by atoms with E-state index in [9.17, 15) is 21.0 Å². The van der Waals surface area contributed by atoms with E-state index in [0.29, 0.717) is 39.8 Å². The first-order chi connectivity index (χ1) is 21.3. The van der Waals surface area contributed by atoms with Crippen molar-refractivity contribution in [3.63, 3.8) is 0 Å². The molecule has 0 spiro atoms. The van der Waals surface area contributed by atoms with E-state index in [2.05, 4.69) is 112 Å². The van der Waals surface area contributed by atoms with Crippen molar-refractivity contribution in [3.05, 3.63) is 57.7 Å². The van der Waals surface area contributed by atoms with Crippen molar-refractivity contribution in [1.82, 2.24) is 0 Å². The van der Waals surface area contributed by atoms with Gasteiger partial charge >= 0.3 is 0 Å². The first-order valence-corrected chi connectivity index (χ1v) is 18.7. The quantitative estimate of drug-likeness (QED) is 0.177. The highest BCUT2D eigenvalue weighted by molar-refractivity contribution is 6.90. The van der Waals surface area contributed by atoms with Crippen LogP contribution in [0.3, 0.4) is 0 Å². The lowest BCUT2D eigenvalue weighted by molar-refractivity contribution is 0.332. The number of fused-ring (bicyclic) bond motifs is 1. The van der Waals surface area contributed by atoms with Gasteiger partial charge in [0.1, 0.15) is 25.8 Å². The zero-order valence-electron chi connectivity index (χ0n) is 30.3. The largest absolute Gasteiger partial charge is 0.378 e. The average Bonchev–Trinajstić information content (AvgIpc) is 3.22. The minimum Gasteiger partial charge on any atom is -0.378 e. The second-order valence-electron chi connectivity index (χ2n) is 16.0. The maximum Gasteiger partial charge on any atom is 0.170 e. The molecule has 6 heteroatoms. The molecule has 2 aliphatic rings. The van der Waals surface area contributed by atoms with Crippen LogP contribution in [0.15, 0.2) is 52.1 Å². The molecule has 2 aliphatic carbocycles. The second-order valence-corrected chi connectivity index (χ2v) is 21.5. The van der Waals surface area contributed by atoms with E-state index < -0.39 is 18.9 Å². The first-order valence-electron chi connectivity index (χ1n) is 16.5. The number of nitriles is 4. The zero-order valence-corrected chi connectivity index (χ0v) is 31.3. The van der Waals surface area contributed by atoms with Crippen LogP contribution >= 0.6 is 0 Å². The minimum atomic E-state index is -2.08. The van der Waals surface area contributed by atoms with Gasteiger partial charge in [0.25, 0.3) is 0 Å². The lowest BCUT2D eigenvalue weighted by Crippen LogP contribution is -2.43. The number of benzene rings is 1. The lowest BCUT2D eigenvalue weighted by atomic mass is 9.58. The molecule has 240 valence electrons. The van der Waals surface area contributed by atoms with Crippen molar-refractivity contribution < 1.29 is 0 Å². The molecule has 1 aromatic rings. The van der Waals surface area contributed by atoms with E-state index in [1.165, 1.54) is 0 Å². The number of allylic oxidation sites excluding steroid dienone is 6. The van der Waals surface area contributed by atoms with Crippen LogP contribution in [0.2, 0.25) is 16.6 Å². The Balaban J connectivity index is 2.68. The summed E-state index contributed by atoms with van der Waals surface area (Å²) in [6.07, 6.45) is 1.08. The number of anilines is 1. The summed E-state index contributed by atoms with van der Waals surface area (Å²) in [5.41, 5.74) is 8.51. The summed E-state index contributed by atoms with van der Waals surface area (Å²) in [7, 11) is 1.83. The third-order valence-electron chi connectivity index (χ3n) is 10.4. The van der Waals surface area contributed by atoms with E-state index in [0.717, 1.165) is 28.8 Å². The molecule has 0 bridgehead atoms. The van der Waals surface area contributed by atoms with Crippen LogP contribution in [0.25, 0.3) is 5.57 Å². The van der Waals surface area contributed by atoms with E-state index in [4.69, 9.17) is 0 Å².